The molecule has 6 heteroatoms. The summed E-state index contributed by atoms with van der Waals surface area (Å²) in [5, 5.41) is 6.31. The number of benzene rings is 1. The van der Waals surface area contributed by atoms with E-state index < -0.39 is 10.0 Å². The van der Waals surface area contributed by atoms with Crippen LogP contribution in [0.2, 0.25) is 0 Å². The van der Waals surface area contributed by atoms with Crippen LogP contribution in [-0.2, 0) is 10.0 Å². The van der Waals surface area contributed by atoms with Crippen molar-refractivity contribution in [3.05, 3.63) is 48.3 Å². The fraction of sp³-hybridized carbons (Fsp3) is 0.400. The lowest BCUT2D eigenvalue weighted by atomic mass is 9.78. The van der Waals surface area contributed by atoms with E-state index in [1.54, 1.807) is 4.31 Å². The Hall–Kier alpha value is -1.66. The molecule has 112 valence electrons. The molecule has 1 N–H and O–H groups in total. The molecule has 1 saturated heterocycles. The summed E-state index contributed by atoms with van der Waals surface area (Å²) >= 11 is 0. The molecule has 1 aromatic heterocycles. The highest BCUT2D eigenvalue weighted by Crippen LogP contribution is 2.43. The van der Waals surface area contributed by atoms with Crippen molar-refractivity contribution < 1.29 is 8.42 Å². The summed E-state index contributed by atoms with van der Waals surface area (Å²) in [5.74, 6) is 0.195. The van der Waals surface area contributed by atoms with E-state index in [2.05, 4.69) is 36.2 Å². The molecule has 21 heavy (non-hydrogen) atoms. The third kappa shape index (κ3) is 2.49. The van der Waals surface area contributed by atoms with Crippen LogP contribution in [0.5, 0.6) is 0 Å². The van der Waals surface area contributed by atoms with Gasteiger partial charge in [-0.3, -0.25) is 5.10 Å². The predicted octanol–water partition coefficient (Wildman–Crippen LogP) is 2.22. The summed E-state index contributed by atoms with van der Waals surface area (Å²) < 4.78 is 26.8. The molecular formula is C15H19N3O2S. The summed E-state index contributed by atoms with van der Waals surface area (Å²) in [4.78, 5) is 0.229. The Bertz CT molecular complexity index is 709. The molecule has 0 saturated carbocycles. The van der Waals surface area contributed by atoms with Crippen LogP contribution in [0.1, 0.15) is 25.3 Å². The molecule has 1 aliphatic rings. The number of nitrogens with zero attached hydrogens (tertiary/aromatic N) is 2. The van der Waals surface area contributed by atoms with Gasteiger partial charge in [-0.25, -0.2) is 8.42 Å². The SMILES string of the molecule is CC1(C)CN(S(=O)(=O)c2cn[nH]c2)C[C@@H]1c1ccccc1. The molecule has 0 bridgehead atoms. The number of hydrogen-bond donors (Lipinski definition) is 1. The highest BCUT2D eigenvalue weighted by molar-refractivity contribution is 7.89. The van der Waals surface area contributed by atoms with Gasteiger partial charge >= 0.3 is 0 Å². The first-order valence-electron chi connectivity index (χ1n) is 6.95. The molecule has 3 rings (SSSR count). The Labute approximate surface area is 125 Å². The standard InChI is InChI=1S/C15H19N3O2S/c1-15(2)11-18(21(19,20)13-8-16-17-9-13)10-14(15)12-6-4-3-5-7-12/h3-9,14H,10-11H2,1-2H3,(H,16,17)/t14-/m1/s1. The molecule has 5 nitrogen and oxygen atoms in total. The Balaban J connectivity index is 1.92. The largest absolute Gasteiger partial charge is 0.284 e. The third-order valence-electron chi connectivity index (χ3n) is 4.23. The van der Waals surface area contributed by atoms with Crippen LogP contribution >= 0.6 is 0 Å². The number of rotatable bonds is 3. The van der Waals surface area contributed by atoms with Crippen molar-refractivity contribution >= 4 is 10.0 Å². The lowest BCUT2D eigenvalue weighted by Crippen LogP contribution is -2.30. The summed E-state index contributed by atoms with van der Waals surface area (Å²) in [6.07, 6.45) is 2.79. The highest BCUT2D eigenvalue weighted by atomic mass is 32.2. The van der Waals surface area contributed by atoms with Gasteiger partial charge < -0.3 is 0 Å². The number of aromatic nitrogens is 2. The maximum Gasteiger partial charge on any atom is 0.246 e. The van der Waals surface area contributed by atoms with Gasteiger partial charge in [-0.15, -0.1) is 0 Å². The van der Waals surface area contributed by atoms with Gasteiger partial charge in [-0.05, 0) is 11.0 Å². The minimum atomic E-state index is -3.47. The summed E-state index contributed by atoms with van der Waals surface area (Å²) in [7, 11) is -3.47. The van der Waals surface area contributed by atoms with E-state index in [0.29, 0.717) is 13.1 Å². The average Bonchev–Trinajstić information content (AvgIpc) is 3.07. The molecule has 1 fully saturated rings. The van der Waals surface area contributed by atoms with Gasteiger partial charge in [-0.2, -0.15) is 9.40 Å². The van der Waals surface area contributed by atoms with Crippen LogP contribution in [0.25, 0.3) is 0 Å². The first-order chi connectivity index (χ1) is 9.91. The first-order valence-corrected chi connectivity index (χ1v) is 8.39. The smallest absolute Gasteiger partial charge is 0.246 e. The van der Waals surface area contributed by atoms with Crippen LogP contribution in [0.15, 0.2) is 47.6 Å². The Kier molecular flexibility index (Phi) is 3.37. The second-order valence-corrected chi connectivity index (χ2v) is 8.12. The molecule has 0 unspecified atom stereocenters. The fourth-order valence-corrected chi connectivity index (χ4v) is 4.57. The zero-order chi connectivity index (χ0) is 15.1. The first kappa shape index (κ1) is 14.3. The van der Waals surface area contributed by atoms with Crippen LogP contribution in [0, 0.1) is 5.41 Å². The molecule has 2 heterocycles. The predicted molar refractivity (Wildman–Crippen MR) is 80.3 cm³/mol. The highest BCUT2D eigenvalue weighted by Gasteiger charge is 2.45. The minimum absolute atomic E-state index is 0.0990. The van der Waals surface area contributed by atoms with Crippen molar-refractivity contribution in [2.75, 3.05) is 13.1 Å². The molecule has 1 atom stereocenters. The maximum atomic E-state index is 12.6. The summed E-state index contributed by atoms with van der Waals surface area (Å²) in [5.41, 5.74) is 1.09. The van der Waals surface area contributed by atoms with Gasteiger partial charge in [0.1, 0.15) is 4.90 Å². The van der Waals surface area contributed by atoms with Gasteiger partial charge in [0.15, 0.2) is 0 Å². The van der Waals surface area contributed by atoms with Crippen LogP contribution in [-0.4, -0.2) is 36.0 Å². The Morgan fingerprint density at radius 2 is 2.00 bits per heavy atom. The van der Waals surface area contributed by atoms with Crippen molar-refractivity contribution in [3.63, 3.8) is 0 Å². The summed E-state index contributed by atoms with van der Waals surface area (Å²) in [6, 6.07) is 10.1. The van der Waals surface area contributed by atoms with E-state index >= 15 is 0 Å². The molecule has 1 aromatic carbocycles. The van der Waals surface area contributed by atoms with Gasteiger partial charge in [0.2, 0.25) is 10.0 Å². The van der Waals surface area contributed by atoms with Crippen molar-refractivity contribution in [1.82, 2.24) is 14.5 Å². The molecule has 0 radical (unpaired) electrons. The van der Waals surface area contributed by atoms with E-state index in [1.165, 1.54) is 18.0 Å². The second kappa shape index (κ2) is 4.96. The van der Waals surface area contributed by atoms with Crippen LogP contribution in [0.4, 0.5) is 0 Å². The molecule has 2 aromatic rings. The Morgan fingerprint density at radius 3 is 2.62 bits per heavy atom. The molecule has 1 aliphatic heterocycles. The van der Waals surface area contributed by atoms with Crippen molar-refractivity contribution in [3.8, 4) is 0 Å². The van der Waals surface area contributed by atoms with Crippen LogP contribution < -0.4 is 0 Å². The van der Waals surface area contributed by atoms with Crippen molar-refractivity contribution in [1.29, 1.82) is 0 Å². The summed E-state index contributed by atoms with van der Waals surface area (Å²) in [6.45, 7) is 5.26. The average molecular weight is 305 g/mol. The lowest BCUT2D eigenvalue weighted by Gasteiger charge is -2.25. The number of aromatic amines is 1. The van der Waals surface area contributed by atoms with Crippen molar-refractivity contribution in [2.45, 2.75) is 24.7 Å². The quantitative estimate of drug-likeness (QED) is 0.945. The molecule has 0 aliphatic carbocycles. The maximum absolute atomic E-state index is 12.6. The van der Waals surface area contributed by atoms with Gasteiger partial charge in [-0.1, -0.05) is 44.2 Å². The third-order valence-corrected chi connectivity index (χ3v) is 6.00. The zero-order valence-corrected chi connectivity index (χ0v) is 13.0. The zero-order valence-electron chi connectivity index (χ0n) is 12.2. The van der Waals surface area contributed by atoms with E-state index in [0.717, 1.165) is 0 Å². The molecule has 0 amide bonds. The molecular weight excluding hydrogens is 286 g/mol. The lowest BCUT2D eigenvalue weighted by molar-refractivity contribution is 0.347. The van der Waals surface area contributed by atoms with Gasteiger partial charge in [0.25, 0.3) is 0 Å². The van der Waals surface area contributed by atoms with E-state index in [1.807, 2.05) is 18.2 Å². The van der Waals surface area contributed by atoms with E-state index in [4.69, 9.17) is 0 Å². The Morgan fingerprint density at radius 1 is 1.29 bits per heavy atom. The van der Waals surface area contributed by atoms with Crippen LogP contribution in [0.3, 0.4) is 0 Å². The normalized spacial score (nSPS) is 22.5. The fourth-order valence-electron chi connectivity index (χ4n) is 3.03. The van der Waals surface area contributed by atoms with E-state index in [-0.39, 0.29) is 16.2 Å². The topological polar surface area (TPSA) is 66.1 Å². The number of H-pyrrole nitrogens is 1. The molecule has 0 spiro atoms. The number of sulfonamides is 1. The van der Waals surface area contributed by atoms with Crippen molar-refractivity contribution in [2.24, 2.45) is 5.41 Å². The second-order valence-electron chi connectivity index (χ2n) is 6.18. The number of hydrogen-bond acceptors (Lipinski definition) is 3. The minimum Gasteiger partial charge on any atom is -0.284 e. The van der Waals surface area contributed by atoms with E-state index in [9.17, 15) is 8.42 Å². The number of nitrogens with one attached hydrogen (secondary N) is 1. The van der Waals surface area contributed by atoms with Gasteiger partial charge in [0.05, 0.1) is 6.20 Å². The van der Waals surface area contributed by atoms with Gasteiger partial charge in [0, 0.05) is 25.2 Å². The monoisotopic (exact) mass is 305 g/mol.